The van der Waals surface area contributed by atoms with E-state index in [0.717, 1.165) is 6.20 Å². The maximum Gasteiger partial charge on any atom is 0.257 e. The maximum atomic E-state index is 13.5. The molecule has 2 heterocycles. The highest BCUT2D eigenvalue weighted by atomic mass is 35.5. The molecule has 0 aromatic carbocycles. The van der Waals surface area contributed by atoms with Gasteiger partial charge in [-0.1, -0.05) is 11.6 Å². The second-order valence-electron chi connectivity index (χ2n) is 3.92. The summed E-state index contributed by atoms with van der Waals surface area (Å²) in [6, 6.07) is 1.25. The number of morpholine rings is 1. The molecule has 0 spiro atoms. The van der Waals surface area contributed by atoms with E-state index >= 15 is 0 Å². The molecular formula is C11H12ClFN2O2. The van der Waals surface area contributed by atoms with E-state index in [0.29, 0.717) is 19.7 Å². The molecule has 0 saturated carbocycles. The van der Waals surface area contributed by atoms with E-state index in [2.05, 4.69) is 4.98 Å². The highest BCUT2D eigenvalue weighted by Crippen LogP contribution is 2.16. The Kier molecular flexibility index (Phi) is 3.59. The van der Waals surface area contributed by atoms with Crippen molar-refractivity contribution in [3.8, 4) is 0 Å². The van der Waals surface area contributed by atoms with Gasteiger partial charge in [-0.05, 0) is 13.0 Å². The molecule has 1 aromatic rings. The van der Waals surface area contributed by atoms with Gasteiger partial charge in [-0.25, -0.2) is 9.37 Å². The molecule has 1 fully saturated rings. The Balaban J connectivity index is 2.21. The van der Waals surface area contributed by atoms with Gasteiger partial charge in [0, 0.05) is 13.1 Å². The zero-order valence-electron chi connectivity index (χ0n) is 9.32. The second kappa shape index (κ2) is 4.98. The van der Waals surface area contributed by atoms with Crippen LogP contribution in [0.5, 0.6) is 0 Å². The lowest BCUT2D eigenvalue weighted by molar-refractivity contribution is -0.0125. The van der Waals surface area contributed by atoms with Gasteiger partial charge in [-0.3, -0.25) is 4.79 Å². The third kappa shape index (κ3) is 2.73. The summed E-state index contributed by atoms with van der Waals surface area (Å²) in [4.78, 5) is 17.2. The number of nitrogens with zero attached hydrogens (tertiary/aromatic N) is 2. The Morgan fingerprint density at radius 3 is 3.18 bits per heavy atom. The van der Waals surface area contributed by atoms with Crippen LogP contribution in [0.2, 0.25) is 5.15 Å². The Labute approximate surface area is 103 Å². The largest absolute Gasteiger partial charge is 0.375 e. The number of amides is 1. The van der Waals surface area contributed by atoms with Crippen LogP contribution >= 0.6 is 11.6 Å². The van der Waals surface area contributed by atoms with Crippen molar-refractivity contribution in [2.24, 2.45) is 0 Å². The first kappa shape index (κ1) is 12.3. The third-order valence-corrected chi connectivity index (χ3v) is 2.79. The van der Waals surface area contributed by atoms with Crippen molar-refractivity contribution in [3.63, 3.8) is 0 Å². The summed E-state index contributed by atoms with van der Waals surface area (Å²) in [6.07, 6.45) is 0.924. The first-order valence-electron chi connectivity index (χ1n) is 5.30. The van der Waals surface area contributed by atoms with Crippen LogP contribution in [-0.2, 0) is 4.74 Å². The van der Waals surface area contributed by atoms with Gasteiger partial charge in [0.25, 0.3) is 5.91 Å². The van der Waals surface area contributed by atoms with Crippen molar-refractivity contribution >= 4 is 17.5 Å². The van der Waals surface area contributed by atoms with Crippen LogP contribution in [-0.4, -0.2) is 41.6 Å². The van der Waals surface area contributed by atoms with Crippen LogP contribution in [0.25, 0.3) is 0 Å². The van der Waals surface area contributed by atoms with E-state index in [1.165, 1.54) is 6.07 Å². The van der Waals surface area contributed by atoms with Crippen LogP contribution in [0.15, 0.2) is 12.3 Å². The number of carbonyl (C=O) groups excluding carboxylic acids is 1. The molecule has 6 heteroatoms. The van der Waals surface area contributed by atoms with E-state index in [1.54, 1.807) is 4.90 Å². The number of hydrogen-bond acceptors (Lipinski definition) is 3. The highest BCUT2D eigenvalue weighted by Gasteiger charge is 2.24. The number of aromatic nitrogens is 1. The topological polar surface area (TPSA) is 42.4 Å². The zero-order valence-corrected chi connectivity index (χ0v) is 10.1. The van der Waals surface area contributed by atoms with Gasteiger partial charge in [-0.2, -0.15) is 0 Å². The zero-order chi connectivity index (χ0) is 12.4. The number of rotatable bonds is 1. The first-order valence-corrected chi connectivity index (χ1v) is 5.67. The lowest BCUT2D eigenvalue weighted by atomic mass is 10.2. The van der Waals surface area contributed by atoms with Crippen molar-refractivity contribution in [3.05, 3.63) is 28.8 Å². The van der Waals surface area contributed by atoms with Gasteiger partial charge < -0.3 is 9.64 Å². The van der Waals surface area contributed by atoms with Gasteiger partial charge >= 0.3 is 0 Å². The molecule has 0 N–H and O–H groups in total. The Morgan fingerprint density at radius 2 is 2.47 bits per heavy atom. The Morgan fingerprint density at radius 1 is 1.71 bits per heavy atom. The molecular weight excluding hydrogens is 247 g/mol. The van der Waals surface area contributed by atoms with Gasteiger partial charge in [0.1, 0.15) is 5.15 Å². The summed E-state index contributed by atoms with van der Waals surface area (Å²) in [5.41, 5.74) is -0.0425. The minimum atomic E-state index is -0.654. The number of pyridine rings is 1. The summed E-state index contributed by atoms with van der Waals surface area (Å²) in [5.74, 6) is -1.03. The predicted octanol–water partition coefficient (Wildman–Crippen LogP) is 1.74. The summed E-state index contributed by atoms with van der Waals surface area (Å²) in [6.45, 7) is 3.25. The molecule has 1 atom stereocenters. The van der Waals surface area contributed by atoms with Crippen molar-refractivity contribution in [2.45, 2.75) is 13.0 Å². The normalized spacial score (nSPS) is 20.4. The lowest BCUT2D eigenvalue weighted by Crippen LogP contribution is -2.44. The maximum absolute atomic E-state index is 13.5. The quantitative estimate of drug-likeness (QED) is 0.721. The van der Waals surface area contributed by atoms with E-state index in [4.69, 9.17) is 16.3 Å². The standard InChI is InChI=1S/C11H12ClFN2O2/c1-7-6-15(2-3-17-7)11(16)8-4-10(12)14-5-9(8)13/h4-5,7H,2-3,6H2,1H3/t7-/m1/s1. The van der Waals surface area contributed by atoms with Gasteiger partial charge in [0.05, 0.1) is 24.5 Å². The van der Waals surface area contributed by atoms with Crippen molar-refractivity contribution < 1.29 is 13.9 Å². The average Bonchev–Trinajstić information content (AvgIpc) is 2.31. The van der Waals surface area contributed by atoms with Crippen LogP contribution in [0, 0.1) is 5.82 Å². The van der Waals surface area contributed by atoms with Crippen molar-refractivity contribution in [1.29, 1.82) is 0 Å². The van der Waals surface area contributed by atoms with Gasteiger partial charge in [-0.15, -0.1) is 0 Å². The van der Waals surface area contributed by atoms with E-state index < -0.39 is 5.82 Å². The number of hydrogen-bond donors (Lipinski definition) is 0. The molecule has 1 aliphatic rings. The average molecular weight is 259 g/mol. The minimum absolute atomic E-state index is 0.0342. The molecule has 92 valence electrons. The molecule has 1 saturated heterocycles. The SMILES string of the molecule is C[C@@H]1CN(C(=O)c2cc(Cl)ncc2F)CCO1. The molecule has 0 radical (unpaired) electrons. The van der Waals surface area contributed by atoms with Crippen LogP contribution in [0.1, 0.15) is 17.3 Å². The fourth-order valence-electron chi connectivity index (χ4n) is 1.75. The smallest absolute Gasteiger partial charge is 0.257 e. The molecule has 2 rings (SSSR count). The molecule has 4 nitrogen and oxygen atoms in total. The third-order valence-electron chi connectivity index (χ3n) is 2.58. The van der Waals surface area contributed by atoms with Crippen molar-refractivity contribution in [2.75, 3.05) is 19.7 Å². The highest BCUT2D eigenvalue weighted by molar-refractivity contribution is 6.29. The Bertz CT molecular complexity index is 441. The fraction of sp³-hybridized carbons (Fsp3) is 0.455. The monoisotopic (exact) mass is 258 g/mol. The van der Waals surface area contributed by atoms with Crippen LogP contribution in [0.3, 0.4) is 0 Å². The molecule has 0 aliphatic carbocycles. The van der Waals surface area contributed by atoms with Gasteiger partial charge in [0.15, 0.2) is 5.82 Å². The van der Waals surface area contributed by atoms with E-state index in [-0.39, 0.29) is 22.7 Å². The number of ether oxygens (including phenoxy) is 1. The summed E-state index contributed by atoms with van der Waals surface area (Å²) in [7, 11) is 0. The minimum Gasteiger partial charge on any atom is -0.375 e. The predicted molar refractivity (Wildman–Crippen MR) is 60.5 cm³/mol. The molecule has 17 heavy (non-hydrogen) atoms. The first-order chi connectivity index (χ1) is 8.08. The van der Waals surface area contributed by atoms with Crippen molar-refractivity contribution in [1.82, 2.24) is 9.88 Å². The van der Waals surface area contributed by atoms with Crippen LogP contribution < -0.4 is 0 Å². The number of carbonyl (C=O) groups is 1. The molecule has 0 unspecified atom stereocenters. The fourth-order valence-corrected chi connectivity index (χ4v) is 1.91. The molecule has 1 aliphatic heterocycles. The second-order valence-corrected chi connectivity index (χ2v) is 4.31. The number of halogens is 2. The van der Waals surface area contributed by atoms with E-state index in [9.17, 15) is 9.18 Å². The molecule has 0 bridgehead atoms. The summed E-state index contributed by atoms with van der Waals surface area (Å²) < 4.78 is 18.8. The van der Waals surface area contributed by atoms with Gasteiger partial charge in [0.2, 0.25) is 0 Å². The molecule has 1 aromatic heterocycles. The Hall–Kier alpha value is -1.20. The summed E-state index contributed by atoms with van der Waals surface area (Å²) in [5, 5.41) is 0.107. The van der Waals surface area contributed by atoms with Crippen LogP contribution in [0.4, 0.5) is 4.39 Å². The summed E-state index contributed by atoms with van der Waals surface area (Å²) >= 11 is 5.66. The molecule has 1 amide bonds. The lowest BCUT2D eigenvalue weighted by Gasteiger charge is -2.31. The van der Waals surface area contributed by atoms with E-state index in [1.807, 2.05) is 6.92 Å².